The summed E-state index contributed by atoms with van der Waals surface area (Å²) in [5, 5.41) is 0. The smallest absolute Gasteiger partial charge is 0.280 e. The van der Waals surface area contributed by atoms with Gasteiger partial charge in [0.2, 0.25) is 0 Å². The van der Waals surface area contributed by atoms with Crippen LogP contribution in [0.25, 0.3) is 0 Å². The van der Waals surface area contributed by atoms with Crippen molar-refractivity contribution in [2.45, 2.75) is 32.4 Å². The Labute approximate surface area is 168 Å². The van der Waals surface area contributed by atoms with Crippen molar-refractivity contribution in [1.29, 1.82) is 0 Å². The van der Waals surface area contributed by atoms with Gasteiger partial charge in [-0.2, -0.15) is 0 Å². The minimum absolute atomic E-state index is 0.0744. The van der Waals surface area contributed by atoms with Crippen LogP contribution in [0.15, 0.2) is 24.3 Å². The van der Waals surface area contributed by atoms with E-state index in [0.717, 1.165) is 37.6 Å². The van der Waals surface area contributed by atoms with Gasteiger partial charge >= 0.3 is 0 Å². The second-order valence-electron chi connectivity index (χ2n) is 7.72. The van der Waals surface area contributed by atoms with Crippen molar-refractivity contribution in [2.75, 3.05) is 56.2 Å². The summed E-state index contributed by atoms with van der Waals surface area (Å²) in [6.07, 6.45) is 0.561. The first-order chi connectivity index (χ1) is 13.4. The summed E-state index contributed by atoms with van der Waals surface area (Å²) in [7, 11) is -1.31. The van der Waals surface area contributed by atoms with Gasteiger partial charge in [-0.1, -0.05) is 12.1 Å². The number of nitrogens with one attached hydrogen (secondary N) is 1. The standard InChI is InChI=1S/C20H31N3O4S/c1-4-23(17-9-14-28(25,26)15-17)20(24)16(2)21-10-12-22(13-11-21)18-7-5-6-8-19(18)27-3/h5-8,16-17H,4,9-15H2,1-3H3/p+1/t16-,17+/m0/s1. The molecule has 2 saturated heterocycles. The van der Waals surface area contributed by atoms with E-state index in [9.17, 15) is 13.2 Å². The highest BCUT2D eigenvalue weighted by Crippen LogP contribution is 2.27. The SMILES string of the molecule is CCN(C(=O)[C@H](C)[NH+]1CCN(c2ccccc2OC)CC1)[C@@H]1CCS(=O)(=O)C1. The number of sulfone groups is 1. The molecule has 0 bridgehead atoms. The van der Waals surface area contributed by atoms with E-state index in [1.165, 1.54) is 4.90 Å². The number of nitrogens with zero attached hydrogens (tertiary/aromatic N) is 2. The van der Waals surface area contributed by atoms with Gasteiger partial charge < -0.3 is 19.4 Å². The number of ether oxygens (including phenoxy) is 1. The molecule has 0 aromatic heterocycles. The summed E-state index contributed by atoms with van der Waals surface area (Å²) in [6.45, 7) is 7.92. The Morgan fingerprint density at radius 2 is 2.00 bits per heavy atom. The van der Waals surface area contributed by atoms with Crippen molar-refractivity contribution in [2.24, 2.45) is 0 Å². The van der Waals surface area contributed by atoms with E-state index in [0.29, 0.717) is 13.0 Å². The van der Waals surface area contributed by atoms with Gasteiger partial charge in [-0.25, -0.2) is 8.42 Å². The van der Waals surface area contributed by atoms with E-state index >= 15 is 0 Å². The Bertz CT molecular complexity index is 790. The van der Waals surface area contributed by atoms with Gasteiger partial charge in [0, 0.05) is 12.6 Å². The van der Waals surface area contributed by atoms with E-state index in [1.807, 2.05) is 32.0 Å². The number of carbonyl (C=O) groups is 1. The normalized spacial score (nSPS) is 23.4. The van der Waals surface area contributed by atoms with Crippen LogP contribution in [0.4, 0.5) is 5.69 Å². The number of carbonyl (C=O) groups excluding carboxylic acids is 1. The van der Waals surface area contributed by atoms with E-state index in [-0.39, 0.29) is 29.5 Å². The fourth-order valence-corrected chi connectivity index (χ4v) is 6.13. The van der Waals surface area contributed by atoms with Crippen LogP contribution in [0.1, 0.15) is 20.3 Å². The Hall–Kier alpha value is -1.80. The number of rotatable bonds is 6. The molecule has 2 aliphatic heterocycles. The Balaban J connectivity index is 1.61. The van der Waals surface area contributed by atoms with Crippen LogP contribution < -0.4 is 14.5 Å². The third-order valence-corrected chi connectivity index (χ3v) is 7.84. The van der Waals surface area contributed by atoms with E-state index in [4.69, 9.17) is 4.74 Å². The summed E-state index contributed by atoms with van der Waals surface area (Å²) in [6, 6.07) is 7.68. The molecule has 2 heterocycles. The van der Waals surface area contributed by atoms with Crippen LogP contribution in [0.5, 0.6) is 5.75 Å². The van der Waals surface area contributed by atoms with Crippen molar-refractivity contribution in [3.8, 4) is 5.75 Å². The summed E-state index contributed by atoms with van der Waals surface area (Å²) in [5.41, 5.74) is 1.09. The van der Waals surface area contributed by atoms with Crippen LogP contribution in [0.3, 0.4) is 0 Å². The minimum atomic E-state index is -3.00. The molecule has 1 amide bonds. The molecule has 2 atom stereocenters. The number of likely N-dealkylation sites (N-methyl/N-ethyl adjacent to an activating group) is 1. The Kier molecular flexibility index (Phi) is 6.50. The zero-order valence-electron chi connectivity index (χ0n) is 17.1. The average Bonchev–Trinajstić information content (AvgIpc) is 3.07. The topological polar surface area (TPSA) is 71.4 Å². The number of hydrogen-bond acceptors (Lipinski definition) is 5. The van der Waals surface area contributed by atoms with Gasteiger partial charge in [-0.05, 0) is 32.4 Å². The minimum Gasteiger partial charge on any atom is -0.495 e. The molecule has 0 unspecified atom stereocenters. The maximum absolute atomic E-state index is 13.1. The number of anilines is 1. The second-order valence-corrected chi connectivity index (χ2v) is 9.95. The number of quaternary nitrogens is 1. The van der Waals surface area contributed by atoms with Crippen LogP contribution in [-0.2, 0) is 14.6 Å². The number of amides is 1. The summed E-state index contributed by atoms with van der Waals surface area (Å²) in [5.74, 6) is 1.25. The molecule has 0 radical (unpaired) electrons. The van der Waals surface area contributed by atoms with E-state index in [1.54, 1.807) is 12.0 Å². The molecule has 2 aliphatic rings. The maximum Gasteiger partial charge on any atom is 0.280 e. The Morgan fingerprint density at radius 1 is 1.32 bits per heavy atom. The molecule has 3 rings (SSSR count). The third-order valence-electron chi connectivity index (χ3n) is 6.09. The van der Waals surface area contributed by atoms with Crippen molar-refractivity contribution >= 4 is 21.4 Å². The molecule has 8 heteroatoms. The Morgan fingerprint density at radius 3 is 2.57 bits per heavy atom. The lowest BCUT2D eigenvalue weighted by Crippen LogP contribution is -3.19. The van der Waals surface area contributed by atoms with Crippen molar-refractivity contribution in [3.63, 3.8) is 0 Å². The highest BCUT2D eigenvalue weighted by atomic mass is 32.2. The van der Waals surface area contributed by atoms with Crippen LogP contribution in [-0.4, -0.2) is 82.6 Å². The van der Waals surface area contributed by atoms with Gasteiger partial charge in [-0.15, -0.1) is 0 Å². The first-order valence-corrected chi connectivity index (χ1v) is 11.9. The number of benzene rings is 1. The molecule has 2 fully saturated rings. The molecule has 7 nitrogen and oxygen atoms in total. The molecule has 156 valence electrons. The molecule has 1 aromatic rings. The number of piperazine rings is 1. The summed E-state index contributed by atoms with van der Waals surface area (Å²) in [4.78, 5) is 18.5. The fraction of sp³-hybridized carbons (Fsp3) is 0.650. The van der Waals surface area contributed by atoms with E-state index in [2.05, 4.69) is 11.0 Å². The lowest BCUT2D eigenvalue weighted by Gasteiger charge is -2.38. The molecular weight excluding hydrogens is 378 g/mol. The summed E-state index contributed by atoms with van der Waals surface area (Å²) < 4.78 is 29.1. The molecule has 0 saturated carbocycles. The first kappa shape index (κ1) is 20.9. The molecule has 1 N–H and O–H groups in total. The molecule has 0 spiro atoms. The quantitative estimate of drug-likeness (QED) is 0.705. The van der Waals surface area contributed by atoms with Gasteiger partial charge in [-0.3, -0.25) is 4.79 Å². The second kappa shape index (κ2) is 8.69. The van der Waals surface area contributed by atoms with Crippen molar-refractivity contribution < 1.29 is 22.8 Å². The zero-order chi connectivity index (χ0) is 20.3. The third kappa shape index (κ3) is 4.43. The lowest BCUT2D eigenvalue weighted by atomic mass is 10.1. The lowest BCUT2D eigenvalue weighted by molar-refractivity contribution is -0.915. The summed E-state index contributed by atoms with van der Waals surface area (Å²) >= 11 is 0. The highest BCUT2D eigenvalue weighted by Gasteiger charge is 2.38. The number of para-hydroxylation sites is 2. The van der Waals surface area contributed by atoms with Crippen molar-refractivity contribution in [3.05, 3.63) is 24.3 Å². The van der Waals surface area contributed by atoms with Gasteiger partial charge in [0.05, 0.1) is 50.5 Å². The fourth-order valence-electron chi connectivity index (χ4n) is 4.40. The van der Waals surface area contributed by atoms with Crippen LogP contribution in [0, 0.1) is 0 Å². The average molecular weight is 411 g/mol. The van der Waals surface area contributed by atoms with Crippen molar-refractivity contribution in [1.82, 2.24) is 4.90 Å². The molecule has 0 aliphatic carbocycles. The van der Waals surface area contributed by atoms with Crippen LogP contribution >= 0.6 is 0 Å². The maximum atomic E-state index is 13.1. The highest BCUT2D eigenvalue weighted by molar-refractivity contribution is 7.91. The molecular formula is C20H32N3O4S+. The zero-order valence-corrected chi connectivity index (χ0v) is 17.9. The predicted octanol–water partition coefficient (Wildman–Crippen LogP) is -0.176. The van der Waals surface area contributed by atoms with Crippen LogP contribution in [0.2, 0.25) is 0 Å². The number of hydrogen-bond donors (Lipinski definition) is 1. The van der Waals surface area contributed by atoms with Gasteiger partial charge in [0.25, 0.3) is 5.91 Å². The molecule has 1 aromatic carbocycles. The molecule has 28 heavy (non-hydrogen) atoms. The van der Waals surface area contributed by atoms with Gasteiger partial charge in [0.1, 0.15) is 5.75 Å². The van der Waals surface area contributed by atoms with Gasteiger partial charge in [0.15, 0.2) is 15.9 Å². The first-order valence-electron chi connectivity index (χ1n) is 10.1. The largest absolute Gasteiger partial charge is 0.495 e. The van der Waals surface area contributed by atoms with E-state index < -0.39 is 9.84 Å². The number of methoxy groups -OCH3 is 1. The monoisotopic (exact) mass is 410 g/mol. The predicted molar refractivity (Wildman–Crippen MR) is 110 cm³/mol.